The van der Waals surface area contributed by atoms with Crippen LogP contribution in [0.25, 0.3) is 26.3 Å². The number of halogens is 1. The van der Waals surface area contributed by atoms with Crippen molar-refractivity contribution in [2.45, 2.75) is 25.8 Å². The summed E-state index contributed by atoms with van der Waals surface area (Å²) in [5.41, 5.74) is 2.04. The molecule has 5 heterocycles. The fourth-order valence-electron chi connectivity index (χ4n) is 3.56. The molecule has 1 N–H and O–H groups in total. The van der Waals surface area contributed by atoms with Crippen molar-refractivity contribution < 1.29 is 4.39 Å². The van der Waals surface area contributed by atoms with Gasteiger partial charge >= 0.3 is 0 Å². The second kappa shape index (κ2) is 5.64. The van der Waals surface area contributed by atoms with Crippen LogP contribution in [0, 0.1) is 12.7 Å². The average Bonchev–Trinajstić information content (AvgIpc) is 3.27. The minimum Gasteiger partial charge on any atom is -0.317 e. The molecule has 1 aliphatic rings. The molecule has 128 valence electrons. The van der Waals surface area contributed by atoms with E-state index in [1.807, 2.05) is 19.3 Å². The zero-order valence-corrected chi connectivity index (χ0v) is 14.7. The first-order valence-corrected chi connectivity index (χ1v) is 9.34. The molecular formula is C18H18FN5S. The van der Waals surface area contributed by atoms with Crippen molar-refractivity contribution in [1.29, 1.82) is 0 Å². The van der Waals surface area contributed by atoms with Gasteiger partial charge in [0, 0.05) is 34.4 Å². The number of hydrogen-bond acceptors (Lipinski definition) is 4. The van der Waals surface area contributed by atoms with E-state index < -0.39 is 0 Å². The van der Waals surface area contributed by atoms with Gasteiger partial charge in [-0.05, 0) is 45.0 Å². The Hall–Kier alpha value is -2.25. The monoisotopic (exact) mass is 355 g/mol. The fourth-order valence-corrected chi connectivity index (χ4v) is 4.55. The molecule has 0 aliphatic carbocycles. The fraction of sp³-hybridized carbons (Fsp3) is 0.333. The number of imidazole rings is 1. The van der Waals surface area contributed by atoms with Gasteiger partial charge in [0.1, 0.15) is 4.83 Å². The number of aryl methyl sites for hydroxylation is 1. The summed E-state index contributed by atoms with van der Waals surface area (Å²) in [6.45, 7) is 3.97. The number of aromatic nitrogens is 4. The second-order valence-electron chi connectivity index (χ2n) is 6.65. The summed E-state index contributed by atoms with van der Waals surface area (Å²) in [4.78, 5) is 6.25. The van der Waals surface area contributed by atoms with Crippen LogP contribution >= 0.6 is 11.3 Å². The molecule has 0 unspecified atom stereocenters. The van der Waals surface area contributed by atoms with Crippen LogP contribution in [0.5, 0.6) is 0 Å². The minimum atomic E-state index is -0.295. The minimum absolute atomic E-state index is 0.295. The third-order valence-corrected chi connectivity index (χ3v) is 5.90. The van der Waals surface area contributed by atoms with E-state index in [2.05, 4.69) is 27.2 Å². The maximum absolute atomic E-state index is 14.3. The zero-order chi connectivity index (χ0) is 17.0. The molecule has 1 saturated heterocycles. The highest BCUT2D eigenvalue weighted by atomic mass is 32.1. The van der Waals surface area contributed by atoms with Gasteiger partial charge < -0.3 is 9.72 Å². The van der Waals surface area contributed by atoms with Crippen LogP contribution in [-0.2, 0) is 0 Å². The van der Waals surface area contributed by atoms with E-state index in [9.17, 15) is 4.39 Å². The van der Waals surface area contributed by atoms with E-state index in [0.717, 1.165) is 52.3 Å². The van der Waals surface area contributed by atoms with Gasteiger partial charge in [0.05, 0.1) is 11.7 Å². The summed E-state index contributed by atoms with van der Waals surface area (Å²) < 4.78 is 18.2. The first kappa shape index (κ1) is 15.0. The molecule has 1 aliphatic heterocycles. The predicted octanol–water partition coefficient (Wildman–Crippen LogP) is 3.78. The first-order valence-electron chi connectivity index (χ1n) is 8.52. The maximum atomic E-state index is 14.3. The predicted molar refractivity (Wildman–Crippen MR) is 97.6 cm³/mol. The molecule has 7 heteroatoms. The third-order valence-electron chi connectivity index (χ3n) is 4.81. The molecule has 0 atom stereocenters. The molecular weight excluding hydrogens is 337 g/mol. The molecule has 0 aromatic carbocycles. The number of thiophene rings is 1. The Balaban J connectivity index is 1.53. The lowest BCUT2D eigenvalue weighted by molar-refractivity contribution is 0.345. The summed E-state index contributed by atoms with van der Waals surface area (Å²) in [5, 5.41) is 9.27. The van der Waals surface area contributed by atoms with E-state index in [4.69, 9.17) is 5.10 Å². The summed E-state index contributed by atoms with van der Waals surface area (Å²) in [5.74, 6) is -0.295. The van der Waals surface area contributed by atoms with Gasteiger partial charge in [-0.1, -0.05) is 0 Å². The molecule has 4 aromatic heterocycles. The van der Waals surface area contributed by atoms with E-state index in [-0.39, 0.29) is 5.82 Å². The van der Waals surface area contributed by atoms with Gasteiger partial charge in [-0.2, -0.15) is 5.10 Å². The van der Waals surface area contributed by atoms with Crippen LogP contribution in [0.3, 0.4) is 0 Å². The van der Waals surface area contributed by atoms with Crippen LogP contribution in [0.15, 0.2) is 30.7 Å². The Bertz CT molecular complexity index is 1040. The first-order chi connectivity index (χ1) is 12.2. The Morgan fingerprint density at radius 2 is 2.04 bits per heavy atom. The zero-order valence-electron chi connectivity index (χ0n) is 13.9. The van der Waals surface area contributed by atoms with Gasteiger partial charge in [0.25, 0.3) is 0 Å². The van der Waals surface area contributed by atoms with Crippen LogP contribution in [0.4, 0.5) is 4.39 Å². The van der Waals surface area contributed by atoms with Crippen LogP contribution < -0.4 is 5.32 Å². The summed E-state index contributed by atoms with van der Waals surface area (Å²) in [6, 6.07) is 4.15. The standard InChI is InChI=1S/C18H18FN5S/c1-11-8-23-9-12(6-15(19)17(23)21-11)16-7-13-10-24(22-18(13)25-16)14-2-4-20-5-3-14/h6-10,14,20H,2-5H2,1H3. The summed E-state index contributed by atoms with van der Waals surface area (Å²) in [6.07, 6.45) is 8.14. The number of nitrogens with one attached hydrogen (secondary N) is 1. The average molecular weight is 355 g/mol. The normalized spacial score (nSPS) is 16.2. The molecule has 1 fully saturated rings. The SMILES string of the molecule is Cc1cn2cc(-c3cc4cn(C5CCNCC5)nc4s3)cc(F)c2n1. The maximum Gasteiger partial charge on any atom is 0.173 e. The largest absolute Gasteiger partial charge is 0.317 e. The molecule has 0 radical (unpaired) electrons. The molecule has 25 heavy (non-hydrogen) atoms. The van der Waals surface area contributed by atoms with E-state index in [1.165, 1.54) is 0 Å². The number of piperidine rings is 1. The highest BCUT2D eigenvalue weighted by Crippen LogP contribution is 2.34. The van der Waals surface area contributed by atoms with Crippen LogP contribution in [0.2, 0.25) is 0 Å². The van der Waals surface area contributed by atoms with Gasteiger partial charge in [0.2, 0.25) is 0 Å². The molecule has 0 amide bonds. The topological polar surface area (TPSA) is 47.1 Å². The van der Waals surface area contributed by atoms with Crippen LogP contribution in [-0.4, -0.2) is 32.3 Å². The van der Waals surface area contributed by atoms with Crippen molar-refractivity contribution in [3.63, 3.8) is 0 Å². The van der Waals surface area contributed by atoms with Crippen molar-refractivity contribution in [3.05, 3.63) is 42.2 Å². The van der Waals surface area contributed by atoms with Gasteiger partial charge in [-0.25, -0.2) is 9.37 Å². The molecule has 5 rings (SSSR count). The van der Waals surface area contributed by atoms with Crippen molar-refractivity contribution in [3.8, 4) is 10.4 Å². The lowest BCUT2D eigenvalue weighted by Gasteiger charge is -2.22. The number of fused-ring (bicyclic) bond motifs is 2. The lowest BCUT2D eigenvalue weighted by Crippen LogP contribution is -2.29. The molecule has 4 aromatic rings. The number of rotatable bonds is 2. The number of nitrogens with zero attached hydrogens (tertiary/aromatic N) is 4. The van der Waals surface area contributed by atoms with E-state index in [0.29, 0.717) is 11.7 Å². The smallest absolute Gasteiger partial charge is 0.173 e. The molecule has 5 nitrogen and oxygen atoms in total. The van der Waals surface area contributed by atoms with Crippen molar-refractivity contribution in [2.75, 3.05) is 13.1 Å². The summed E-state index contributed by atoms with van der Waals surface area (Å²) >= 11 is 1.61. The Kier molecular flexibility index (Phi) is 3.39. The Morgan fingerprint density at radius 3 is 2.84 bits per heavy atom. The third kappa shape index (κ3) is 2.54. The Morgan fingerprint density at radius 1 is 1.20 bits per heavy atom. The quantitative estimate of drug-likeness (QED) is 0.595. The van der Waals surface area contributed by atoms with Gasteiger partial charge in [-0.3, -0.25) is 4.68 Å². The van der Waals surface area contributed by atoms with E-state index in [1.54, 1.807) is 21.8 Å². The Labute approximate surface area is 148 Å². The van der Waals surface area contributed by atoms with Crippen molar-refractivity contribution in [2.24, 2.45) is 0 Å². The van der Waals surface area contributed by atoms with Crippen LogP contribution in [0.1, 0.15) is 24.6 Å². The lowest BCUT2D eigenvalue weighted by atomic mass is 10.1. The molecule has 0 saturated carbocycles. The van der Waals surface area contributed by atoms with Gasteiger partial charge in [0.15, 0.2) is 11.5 Å². The number of hydrogen-bond donors (Lipinski definition) is 1. The van der Waals surface area contributed by atoms with Crippen molar-refractivity contribution >= 4 is 27.2 Å². The molecule has 0 spiro atoms. The summed E-state index contributed by atoms with van der Waals surface area (Å²) in [7, 11) is 0. The number of pyridine rings is 1. The molecule has 0 bridgehead atoms. The highest BCUT2D eigenvalue weighted by Gasteiger charge is 2.18. The highest BCUT2D eigenvalue weighted by molar-refractivity contribution is 7.21. The van der Waals surface area contributed by atoms with Crippen molar-refractivity contribution in [1.82, 2.24) is 24.5 Å². The second-order valence-corrected chi connectivity index (χ2v) is 7.68. The van der Waals surface area contributed by atoms with E-state index >= 15 is 0 Å². The van der Waals surface area contributed by atoms with Gasteiger partial charge in [-0.15, -0.1) is 11.3 Å².